The van der Waals surface area contributed by atoms with Crippen LogP contribution in [0.1, 0.15) is 5.56 Å². The molecule has 2 rings (SSSR count). The van der Waals surface area contributed by atoms with E-state index in [9.17, 15) is 0 Å². The van der Waals surface area contributed by atoms with Crippen molar-refractivity contribution < 1.29 is 0 Å². The maximum Gasteiger partial charge on any atom is 0.0607 e. The molecule has 0 radical (unpaired) electrons. The molecule has 0 aromatic carbocycles. The molecule has 2 aromatic heterocycles. The molecule has 0 saturated heterocycles. The molecule has 2 heterocycles. The van der Waals surface area contributed by atoms with Crippen LogP contribution in [0.25, 0.3) is 9.40 Å². The normalized spacial score (nSPS) is 8.92. The number of hydrogen-bond acceptors (Lipinski definition) is 2. The Balaban J connectivity index is 2.63. The largest absolute Gasteiger partial charge is 0.142 e. The highest BCUT2D eigenvalue weighted by atomic mass is 32.1. The van der Waals surface area contributed by atoms with Crippen molar-refractivity contribution in [2.45, 2.75) is 0 Å². The number of hydrogen-bond donors (Lipinski definition) is 0. The van der Waals surface area contributed by atoms with Gasteiger partial charge in [-0.05, 0) is 23.3 Å². The van der Waals surface area contributed by atoms with Gasteiger partial charge in [0.25, 0.3) is 0 Å². The predicted molar refractivity (Wildman–Crippen MR) is 55.4 cm³/mol. The second-order valence-corrected chi connectivity index (χ2v) is 3.99. The predicted octanol–water partition coefficient (Wildman–Crippen LogP) is 2.95. The van der Waals surface area contributed by atoms with Gasteiger partial charge in [-0.3, -0.25) is 0 Å². The van der Waals surface area contributed by atoms with Gasteiger partial charge in [0, 0.05) is 10.1 Å². The number of fused-ring (bicyclic) bond motifs is 1. The van der Waals surface area contributed by atoms with Crippen LogP contribution in [0.4, 0.5) is 0 Å². The van der Waals surface area contributed by atoms with E-state index in [1.165, 1.54) is 9.40 Å². The Labute approximate surface area is 78.9 Å². The van der Waals surface area contributed by atoms with Crippen molar-refractivity contribution in [3.8, 4) is 24.2 Å². The van der Waals surface area contributed by atoms with Gasteiger partial charge in [0.15, 0.2) is 0 Å². The summed E-state index contributed by atoms with van der Waals surface area (Å²) in [4.78, 5) is 0. The van der Waals surface area contributed by atoms with Crippen molar-refractivity contribution in [2.24, 2.45) is 0 Å². The molecule has 0 amide bonds. The van der Waals surface area contributed by atoms with Crippen molar-refractivity contribution in [2.75, 3.05) is 0 Å². The molecule has 56 valence electrons. The van der Waals surface area contributed by atoms with Crippen LogP contribution < -0.4 is 0 Å². The Hall–Kier alpha value is -1.22. The molecule has 0 bridgehead atoms. The van der Waals surface area contributed by atoms with Crippen LogP contribution in [-0.2, 0) is 0 Å². The van der Waals surface area contributed by atoms with E-state index in [1.807, 2.05) is 5.38 Å². The zero-order valence-electron chi connectivity index (χ0n) is 6.13. The van der Waals surface area contributed by atoms with Crippen LogP contribution >= 0.6 is 22.7 Å². The molecule has 0 N–H and O–H groups in total. The minimum Gasteiger partial charge on any atom is -0.142 e. The molecule has 12 heavy (non-hydrogen) atoms. The lowest BCUT2D eigenvalue weighted by atomic mass is 10.3. The molecular weight excluding hydrogens is 184 g/mol. The highest BCUT2D eigenvalue weighted by molar-refractivity contribution is 7.26. The first-order valence-corrected chi connectivity index (χ1v) is 5.09. The fourth-order valence-corrected chi connectivity index (χ4v) is 2.95. The summed E-state index contributed by atoms with van der Waals surface area (Å²) in [5.74, 6) is 7.87. The summed E-state index contributed by atoms with van der Waals surface area (Å²) < 4.78 is 2.55. The quantitative estimate of drug-likeness (QED) is 0.558. The van der Waals surface area contributed by atoms with Crippen molar-refractivity contribution in [3.05, 3.63) is 22.4 Å². The van der Waals surface area contributed by atoms with Gasteiger partial charge < -0.3 is 0 Å². The first-order chi connectivity index (χ1) is 5.92. The van der Waals surface area contributed by atoms with Crippen molar-refractivity contribution in [3.63, 3.8) is 0 Å². The van der Waals surface area contributed by atoms with Gasteiger partial charge >= 0.3 is 0 Å². The monoisotopic (exact) mass is 188 g/mol. The summed E-state index contributed by atoms with van der Waals surface area (Å²) in [6, 6.07) is 2.10. The van der Waals surface area contributed by atoms with Crippen molar-refractivity contribution in [1.82, 2.24) is 0 Å². The maximum atomic E-state index is 5.05. The molecule has 2 aromatic rings. The Bertz CT molecular complexity index is 497. The molecule has 0 atom stereocenters. The summed E-state index contributed by atoms with van der Waals surface area (Å²) in [6.07, 6.45) is 5.05. The molecule has 0 aliphatic heterocycles. The Morgan fingerprint density at radius 1 is 1.33 bits per heavy atom. The highest BCUT2D eigenvalue weighted by Crippen LogP contribution is 2.29. The summed E-state index contributed by atoms with van der Waals surface area (Å²) in [5, 5.41) is 4.12. The zero-order valence-corrected chi connectivity index (χ0v) is 7.76. The summed E-state index contributed by atoms with van der Waals surface area (Å²) in [7, 11) is 0. The fraction of sp³-hybridized carbons (Fsp3) is 0. The number of thiophene rings is 2. The standard InChI is InChI=1S/C10H4S2/c1-2-3-4-8-7-12-9-5-6-11-10(8)9/h1,5-7H. The smallest absolute Gasteiger partial charge is 0.0607 e. The molecule has 0 spiro atoms. The molecule has 0 aliphatic rings. The first-order valence-electron chi connectivity index (χ1n) is 3.33. The van der Waals surface area contributed by atoms with Gasteiger partial charge in [0.1, 0.15) is 0 Å². The second-order valence-electron chi connectivity index (χ2n) is 2.16. The van der Waals surface area contributed by atoms with E-state index in [0.29, 0.717) is 0 Å². The minimum absolute atomic E-state index is 1.06. The van der Waals surface area contributed by atoms with Crippen molar-refractivity contribution >= 4 is 32.1 Å². The van der Waals surface area contributed by atoms with Crippen LogP contribution in [0.15, 0.2) is 16.8 Å². The summed E-state index contributed by atoms with van der Waals surface area (Å²) in [5.41, 5.74) is 1.06. The van der Waals surface area contributed by atoms with E-state index in [1.54, 1.807) is 22.7 Å². The van der Waals surface area contributed by atoms with Crippen LogP contribution in [0, 0.1) is 24.2 Å². The Morgan fingerprint density at radius 3 is 3.08 bits per heavy atom. The van der Waals surface area contributed by atoms with Crippen LogP contribution in [0.5, 0.6) is 0 Å². The van der Waals surface area contributed by atoms with E-state index >= 15 is 0 Å². The molecule has 0 nitrogen and oxygen atoms in total. The summed E-state index contributed by atoms with van der Waals surface area (Å²) >= 11 is 3.42. The Morgan fingerprint density at radius 2 is 2.25 bits per heavy atom. The van der Waals surface area contributed by atoms with Crippen LogP contribution in [-0.4, -0.2) is 0 Å². The molecule has 0 fully saturated rings. The average molecular weight is 188 g/mol. The third kappa shape index (κ3) is 1.12. The van der Waals surface area contributed by atoms with E-state index in [2.05, 4.69) is 29.2 Å². The van der Waals surface area contributed by atoms with E-state index in [-0.39, 0.29) is 0 Å². The fourth-order valence-electron chi connectivity index (χ4n) is 0.952. The van der Waals surface area contributed by atoms with E-state index < -0.39 is 0 Å². The van der Waals surface area contributed by atoms with Gasteiger partial charge in [-0.25, -0.2) is 0 Å². The average Bonchev–Trinajstić information content (AvgIpc) is 2.62. The molecule has 0 unspecified atom stereocenters. The summed E-state index contributed by atoms with van der Waals surface area (Å²) in [6.45, 7) is 0. The minimum atomic E-state index is 1.06. The van der Waals surface area contributed by atoms with Gasteiger partial charge in [0.05, 0.1) is 10.3 Å². The lowest BCUT2D eigenvalue weighted by molar-refractivity contribution is 2.01. The third-order valence-electron chi connectivity index (χ3n) is 1.45. The second kappa shape index (κ2) is 3.03. The zero-order chi connectivity index (χ0) is 8.39. The van der Waals surface area contributed by atoms with Gasteiger partial charge in [0.2, 0.25) is 0 Å². The van der Waals surface area contributed by atoms with Crippen molar-refractivity contribution in [1.29, 1.82) is 0 Å². The Kier molecular flexibility index (Phi) is 1.87. The lowest BCUT2D eigenvalue weighted by Gasteiger charge is -1.76. The maximum absolute atomic E-state index is 5.05. The molecule has 0 saturated carbocycles. The van der Waals surface area contributed by atoms with Crippen LogP contribution in [0.2, 0.25) is 0 Å². The topological polar surface area (TPSA) is 0 Å². The number of terminal acetylenes is 1. The van der Waals surface area contributed by atoms with E-state index in [0.717, 1.165) is 5.56 Å². The van der Waals surface area contributed by atoms with Gasteiger partial charge in [-0.2, -0.15) is 0 Å². The lowest BCUT2D eigenvalue weighted by Crippen LogP contribution is -1.61. The van der Waals surface area contributed by atoms with E-state index in [4.69, 9.17) is 6.42 Å². The molecule has 0 aliphatic carbocycles. The highest BCUT2D eigenvalue weighted by Gasteiger charge is 2.01. The van der Waals surface area contributed by atoms with Gasteiger partial charge in [-0.15, -0.1) is 29.1 Å². The molecule has 2 heteroatoms. The third-order valence-corrected chi connectivity index (χ3v) is 3.47. The SMILES string of the molecule is C#CC#Cc1csc2ccsc12. The first kappa shape index (κ1) is 7.43. The van der Waals surface area contributed by atoms with Crippen LogP contribution in [0.3, 0.4) is 0 Å². The molecular formula is C10H4S2. The number of rotatable bonds is 0. The van der Waals surface area contributed by atoms with Gasteiger partial charge in [-0.1, -0.05) is 5.92 Å².